The Morgan fingerprint density at radius 3 is 2.60 bits per heavy atom. The van der Waals surface area contributed by atoms with E-state index in [0.29, 0.717) is 6.54 Å². The summed E-state index contributed by atoms with van der Waals surface area (Å²) in [4.78, 5) is 24.6. The Hall–Kier alpha value is -2.55. The van der Waals surface area contributed by atoms with Gasteiger partial charge in [0.05, 0.1) is 27.8 Å². The van der Waals surface area contributed by atoms with Gasteiger partial charge in [0.15, 0.2) is 0 Å². The minimum Gasteiger partial charge on any atom is -0.444 e. The Morgan fingerprint density at radius 1 is 1.33 bits per heavy atom. The second-order valence-electron chi connectivity index (χ2n) is 8.02. The monoisotopic (exact) mass is 434 g/mol. The van der Waals surface area contributed by atoms with Gasteiger partial charge in [0.2, 0.25) is 0 Å². The number of nitrogens with zero attached hydrogens (tertiary/aromatic N) is 3. The Kier molecular flexibility index (Phi) is 7.89. The highest BCUT2D eigenvalue weighted by molar-refractivity contribution is 7.99. The summed E-state index contributed by atoms with van der Waals surface area (Å²) in [7, 11) is 0. The van der Waals surface area contributed by atoms with Gasteiger partial charge in [0.1, 0.15) is 5.60 Å². The predicted octanol–water partition coefficient (Wildman–Crippen LogP) is 4.98. The number of nitrogens with one attached hydrogen (secondary N) is 1. The molecule has 0 bridgehead atoms. The van der Waals surface area contributed by atoms with Crippen LogP contribution in [0.4, 0.5) is 10.5 Å². The van der Waals surface area contributed by atoms with Crippen molar-refractivity contribution in [2.45, 2.75) is 82.4 Å². The molecule has 164 valence electrons. The van der Waals surface area contributed by atoms with E-state index in [1.54, 1.807) is 12.1 Å². The number of hydrogen-bond donors (Lipinski definition) is 1. The van der Waals surface area contributed by atoms with E-state index >= 15 is 0 Å². The lowest BCUT2D eigenvalue weighted by Crippen LogP contribution is -2.40. The standard InChI is InChI=1S/C21H30N4O4S/c1-7-17-19(30-16-11-9-10-15(12-16)25(27)28)18(8-2)24(23-17)13-14(3)22-20(26)29-21(4,5)6/h9-12,14H,7-8,13H2,1-6H3,(H,22,26)/t14-/m0/s1. The number of nitro groups is 1. The number of aryl methyl sites for hydroxylation is 1. The average molecular weight is 435 g/mol. The van der Waals surface area contributed by atoms with Crippen LogP contribution in [0.25, 0.3) is 0 Å². The van der Waals surface area contributed by atoms with Crippen molar-refractivity contribution in [2.24, 2.45) is 0 Å². The zero-order valence-electron chi connectivity index (χ0n) is 18.4. The van der Waals surface area contributed by atoms with Gasteiger partial charge in [0, 0.05) is 23.1 Å². The van der Waals surface area contributed by atoms with E-state index in [9.17, 15) is 14.9 Å². The summed E-state index contributed by atoms with van der Waals surface area (Å²) < 4.78 is 7.24. The van der Waals surface area contributed by atoms with E-state index in [4.69, 9.17) is 9.84 Å². The molecule has 0 aliphatic carbocycles. The smallest absolute Gasteiger partial charge is 0.407 e. The highest BCUT2D eigenvalue weighted by Crippen LogP contribution is 2.35. The molecule has 1 N–H and O–H groups in total. The molecule has 1 aromatic carbocycles. The Labute approximate surface area is 181 Å². The number of aromatic nitrogens is 2. The van der Waals surface area contributed by atoms with Crippen molar-refractivity contribution in [1.29, 1.82) is 0 Å². The molecule has 8 nitrogen and oxygen atoms in total. The number of non-ortho nitro benzene ring substituents is 1. The molecular formula is C21H30N4O4S. The van der Waals surface area contributed by atoms with Crippen LogP contribution in [0.3, 0.4) is 0 Å². The molecule has 0 unspecified atom stereocenters. The number of carbonyl (C=O) groups excluding carboxylic acids is 1. The van der Waals surface area contributed by atoms with Gasteiger partial charge in [-0.2, -0.15) is 5.10 Å². The van der Waals surface area contributed by atoms with Crippen LogP contribution in [0.2, 0.25) is 0 Å². The summed E-state index contributed by atoms with van der Waals surface area (Å²) in [5.74, 6) is 0. The van der Waals surface area contributed by atoms with Crippen LogP contribution < -0.4 is 5.32 Å². The maximum absolute atomic E-state index is 12.0. The summed E-state index contributed by atoms with van der Waals surface area (Å²) in [6.07, 6.45) is 1.04. The van der Waals surface area contributed by atoms with Crippen molar-refractivity contribution in [3.8, 4) is 0 Å². The number of benzene rings is 1. The number of hydrogen-bond acceptors (Lipinski definition) is 6. The molecule has 1 aromatic heterocycles. The maximum atomic E-state index is 12.0. The van der Waals surface area contributed by atoms with E-state index < -0.39 is 11.7 Å². The Bertz CT molecular complexity index is 905. The van der Waals surface area contributed by atoms with Gasteiger partial charge in [-0.05, 0) is 46.6 Å². The molecule has 9 heteroatoms. The van der Waals surface area contributed by atoms with Crippen molar-refractivity contribution in [3.63, 3.8) is 0 Å². The number of nitro benzene ring substituents is 1. The van der Waals surface area contributed by atoms with E-state index in [1.807, 2.05) is 45.4 Å². The first-order chi connectivity index (χ1) is 14.0. The molecule has 0 spiro atoms. The van der Waals surface area contributed by atoms with E-state index in [-0.39, 0.29) is 16.7 Å². The fraction of sp³-hybridized carbons (Fsp3) is 0.524. The normalized spacial score (nSPS) is 12.5. The van der Waals surface area contributed by atoms with Gasteiger partial charge in [-0.25, -0.2) is 4.79 Å². The molecule has 0 saturated carbocycles. The number of carbonyl (C=O) groups is 1. The van der Waals surface area contributed by atoms with Crippen LogP contribution in [0.1, 0.15) is 52.9 Å². The summed E-state index contributed by atoms with van der Waals surface area (Å²) in [5, 5.41) is 18.7. The molecule has 30 heavy (non-hydrogen) atoms. The lowest BCUT2D eigenvalue weighted by molar-refractivity contribution is -0.385. The van der Waals surface area contributed by atoms with E-state index in [2.05, 4.69) is 12.2 Å². The fourth-order valence-corrected chi connectivity index (χ4v) is 4.20. The Balaban J connectivity index is 2.22. The van der Waals surface area contributed by atoms with Gasteiger partial charge in [-0.3, -0.25) is 14.8 Å². The number of amides is 1. The molecule has 1 atom stereocenters. The zero-order valence-corrected chi connectivity index (χ0v) is 19.2. The summed E-state index contributed by atoms with van der Waals surface area (Å²) in [6, 6.07) is 6.44. The second-order valence-corrected chi connectivity index (χ2v) is 9.10. The molecular weight excluding hydrogens is 404 g/mol. The minimum atomic E-state index is -0.554. The van der Waals surface area contributed by atoms with Crippen LogP contribution in [0, 0.1) is 10.1 Å². The predicted molar refractivity (Wildman–Crippen MR) is 117 cm³/mol. The highest BCUT2D eigenvalue weighted by atomic mass is 32.2. The molecule has 1 amide bonds. The zero-order chi connectivity index (χ0) is 22.5. The molecule has 0 aliphatic rings. The fourth-order valence-electron chi connectivity index (χ4n) is 2.97. The first-order valence-electron chi connectivity index (χ1n) is 10.0. The van der Waals surface area contributed by atoms with Gasteiger partial charge >= 0.3 is 6.09 Å². The molecule has 2 rings (SSSR count). The molecule has 1 heterocycles. The second kappa shape index (κ2) is 9.97. The van der Waals surface area contributed by atoms with Crippen LogP contribution in [0.15, 0.2) is 34.1 Å². The van der Waals surface area contributed by atoms with Gasteiger partial charge in [-0.1, -0.05) is 31.7 Å². The van der Waals surface area contributed by atoms with Crippen molar-refractivity contribution in [1.82, 2.24) is 15.1 Å². The minimum absolute atomic E-state index is 0.0682. The summed E-state index contributed by atoms with van der Waals surface area (Å²) in [5.41, 5.74) is 1.49. The number of rotatable bonds is 8. The summed E-state index contributed by atoms with van der Waals surface area (Å²) >= 11 is 1.49. The van der Waals surface area contributed by atoms with Gasteiger partial charge in [0.25, 0.3) is 5.69 Å². The maximum Gasteiger partial charge on any atom is 0.407 e. The molecule has 0 radical (unpaired) electrons. The van der Waals surface area contributed by atoms with Gasteiger partial charge in [-0.15, -0.1) is 0 Å². The molecule has 0 fully saturated rings. The van der Waals surface area contributed by atoms with Crippen LogP contribution in [0.5, 0.6) is 0 Å². The van der Waals surface area contributed by atoms with Gasteiger partial charge < -0.3 is 10.1 Å². The van der Waals surface area contributed by atoms with Crippen molar-refractivity contribution in [3.05, 3.63) is 45.8 Å². The topological polar surface area (TPSA) is 99.3 Å². The van der Waals surface area contributed by atoms with Crippen molar-refractivity contribution >= 4 is 23.5 Å². The third kappa shape index (κ3) is 6.48. The Morgan fingerprint density at radius 2 is 2.03 bits per heavy atom. The number of ether oxygens (including phenoxy) is 1. The molecule has 2 aromatic rings. The van der Waals surface area contributed by atoms with Crippen LogP contribution in [-0.2, 0) is 24.1 Å². The lowest BCUT2D eigenvalue weighted by atomic mass is 10.2. The van der Waals surface area contributed by atoms with Crippen molar-refractivity contribution < 1.29 is 14.5 Å². The largest absolute Gasteiger partial charge is 0.444 e. The molecule has 0 aliphatic heterocycles. The first-order valence-corrected chi connectivity index (χ1v) is 10.9. The van der Waals surface area contributed by atoms with Crippen LogP contribution in [-0.4, -0.2) is 32.4 Å². The lowest BCUT2D eigenvalue weighted by Gasteiger charge is -2.22. The number of alkyl carbamates (subject to hydrolysis) is 1. The van der Waals surface area contributed by atoms with E-state index in [0.717, 1.165) is 34.0 Å². The first kappa shape index (κ1) is 23.7. The SMILES string of the molecule is CCc1nn(C[C@H](C)NC(=O)OC(C)(C)C)c(CC)c1Sc1cccc([N+](=O)[O-])c1. The average Bonchev–Trinajstić information content (AvgIpc) is 2.96. The third-order valence-electron chi connectivity index (χ3n) is 4.21. The van der Waals surface area contributed by atoms with E-state index in [1.165, 1.54) is 17.8 Å². The van der Waals surface area contributed by atoms with Crippen LogP contribution >= 0.6 is 11.8 Å². The molecule has 0 saturated heterocycles. The highest BCUT2D eigenvalue weighted by Gasteiger charge is 2.21. The van der Waals surface area contributed by atoms with Crippen molar-refractivity contribution in [2.75, 3.05) is 0 Å². The summed E-state index contributed by atoms with van der Waals surface area (Å²) in [6.45, 7) is 12.0. The quantitative estimate of drug-likeness (QED) is 0.465. The third-order valence-corrected chi connectivity index (χ3v) is 5.37.